The Kier molecular flexibility index (Phi) is 10.5. The Bertz CT molecular complexity index is 1430. The van der Waals surface area contributed by atoms with Gasteiger partial charge in [0, 0.05) is 6.20 Å². The van der Waals surface area contributed by atoms with Crippen LogP contribution in [-0.2, 0) is 28.2 Å². The maximum Gasteiger partial charge on any atom is 0.459 e. The number of carbonyl (C=O) groups is 2. The van der Waals surface area contributed by atoms with Gasteiger partial charge in [0.05, 0.1) is 18.8 Å². The number of aromatic nitrogens is 2. The van der Waals surface area contributed by atoms with Crippen molar-refractivity contribution in [2.75, 3.05) is 25.5 Å². The Morgan fingerprint density at radius 1 is 1.23 bits per heavy atom. The van der Waals surface area contributed by atoms with Crippen LogP contribution >= 0.6 is 7.75 Å². The molecular weight excluding hydrogens is 607 g/mol. The van der Waals surface area contributed by atoms with E-state index in [0.717, 1.165) is 25.2 Å². The van der Waals surface area contributed by atoms with Gasteiger partial charge in [0.25, 0.3) is 0 Å². The summed E-state index contributed by atoms with van der Waals surface area (Å²) in [4.78, 5) is 43.1. The molecule has 6 unspecified atom stereocenters. The topological polar surface area (TPSA) is 171 Å². The quantitative estimate of drug-likeness (QED) is 0.228. The second-order valence-electron chi connectivity index (χ2n) is 10.8. The maximum absolute atomic E-state index is 15.2. The standard InChI is InChI=1S/C27H36F2N5O9P/c1-16(2)41-24(37)17(3)32-44(39,43-18-9-6-5-7-10-18)40-15-20-22(35)27(28,29)25(42-20)34-14-12-21(31-26(34)38)30-23(36)19-11-8-13-33(19)4/h5-7,9-10,12,14,16-17,19-20,22,25,35H,8,11,13,15H2,1-4H3,(H,32,39)(H,30,31,36,38). The lowest BCUT2D eigenvalue weighted by atomic mass is 10.1. The van der Waals surface area contributed by atoms with E-state index in [1.54, 1.807) is 39.1 Å². The number of para-hydroxylation sites is 1. The van der Waals surface area contributed by atoms with Crippen LogP contribution in [0.4, 0.5) is 14.6 Å². The molecule has 1 aromatic carbocycles. The van der Waals surface area contributed by atoms with Gasteiger partial charge >= 0.3 is 25.3 Å². The molecular formula is C27H36F2N5O9P. The van der Waals surface area contributed by atoms with Gasteiger partial charge in [-0.25, -0.2) is 9.36 Å². The van der Waals surface area contributed by atoms with Crippen molar-refractivity contribution in [1.82, 2.24) is 19.5 Å². The third kappa shape index (κ3) is 7.86. The Morgan fingerprint density at radius 2 is 1.93 bits per heavy atom. The number of halogens is 2. The first-order valence-electron chi connectivity index (χ1n) is 14.0. The molecule has 4 rings (SSSR count). The van der Waals surface area contributed by atoms with Gasteiger partial charge in [-0.05, 0) is 65.4 Å². The van der Waals surface area contributed by atoms with Crippen LogP contribution in [0.15, 0.2) is 47.4 Å². The Balaban J connectivity index is 1.47. The van der Waals surface area contributed by atoms with Gasteiger partial charge in [0.2, 0.25) is 12.1 Å². The summed E-state index contributed by atoms with van der Waals surface area (Å²) in [6.07, 6.45) is -4.64. The van der Waals surface area contributed by atoms with Crippen LogP contribution in [0.2, 0.25) is 0 Å². The van der Waals surface area contributed by atoms with Crippen LogP contribution in [0.1, 0.15) is 39.8 Å². The number of hydrogen-bond donors (Lipinski definition) is 3. The van der Waals surface area contributed by atoms with Crippen molar-refractivity contribution in [3.8, 4) is 5.75 Å². The number of nitrogens with one attached hydrogen (secondary N) is 2. The molecule has 3 heterocycles. The highest BCUT2D eigenvalue weighted by atomic mass is 31.2. The SMILES string of the molecule is CC(C)OC(=O)C(C)NP(=O)(OCC1OC(n2ccc(NC(=O)C3CCCN3C)nc2=O)C(F)(F)C1O)Oc1ccccc1. The number of esters is 1. The van der Waals surface area contributed by atoms with Crippen LogP contribution in [-0.4, -0.2) is 88.0 Å². The first kappa shape index (κ1) is 33.6. The summed E-state index contributed by atoms with van der Waals surface area (Å²) in [5.41, 5.74) is -1.17. The van der Waals surface area contributed by atoms with Crippen molar-refractivity contribution in [2.45, 2.75) is 76.2 Å². The van der Waals surface area contributed by atoms with E-state index in [0.29, 0.717) is 11.0 Å². The first-order chi connectivity index (χ1) is 20.7. The van der Waals surface area contributed by atoms with Gasteiger partial charge in [-0.2, -0.15) is 18.9 Å². The normalized spacial score (nSPS) is 25.4. The molecule has 1 amide bonds. The Morgan fingerprint density at radius 3 is 2.55 bits per heavy atom. The number of aliphatic hydroxyl groups is 1. The molecule has 0 bridgehead atoms. The van der Waals surface area contributed by atoms with E-state index in [2.05, 4.69) is 15.4 Å². The second kappa shape index (κ2) is 13.8. The summed E-state index contributed by atoms with van der Waals surface area (Å²) < 4.78 is 65.9. The number of alkyl halides is 2. The number of nitrogens with zero attached hydrogens (tertiary/aromatic N) is 3. The zero-order chi connectivity index (χ0) is 32.2. The van der Waals surface area contributed by atoms with Crippen molar-refractivity contribution in [3.63, 3.8) is 0 Å². The Labute approximate surface area is 252 Å². The number of aliphatic hydroxyl groups excluding tert-OH is 1. The van der Waals surface area contributed by atoms with E-state index in [1.807, 2.05) is 4.90 Å². The predicted molar refractivity (Wildman–Crippen MR) is 152 cm³/mol. The zero-order valence-electron chi connectivity index (χ0n) is 24.6. The number of likely N-dealkylation sites (N-methyl/N-ethyl adjacent to an activating group) is 1. The van der Waals surface area contributed by atoms with Gasteiger partial charge in [0.15, 0.2) is 6.10 Å². The van der Waals surface area contributed by atoms with Crippen molar-refractivity contribution >= 4 is 25.4 Å². The molecule has 0 aliphatic carbocycles. The molecule has 14 nitrogen and oxygen atoms in total. The largest absolute Gasteiger partial charge is 0.462 e. The number of ether oxygens (including phenoxy) is 2. The molecule has 6 atom stereocenters. The Hall–Kier alpha value is -3.27. The monoisotopic (exact) mass is 643 g/mol. The molecule has 3 N–H and O–H groups in total. The van der Waals surface area contributed by atoms with Gasteiger partial charge in [-0.3, -0.25) is 23.6 Å². The summed E-state index contributed by atoms with van der Waals surface area (Å²) in [5, 5.41) is 15.4. The highest BCUT2D eigenvalue weighted by Crippen LogP contribution is 2.48. The van der Waals surface area contributed by atoms with Gasteiger partial charge in [-0.1, -0.05) is 18.2 Å². The molecule has 2 aliphatic rings. The number of carbonyl (C=O) groups excluding carboxylic acids is 2. The fourth-order valence-electron chi connectivity index (χ4n) is 4.72. The fourth-order valence-corrected chi connectivity index (χ4v) is 6.23. The van der Waals surface area contributed by atoms with E-state index in [-0.39, 0.29) is 17.5 Å². The number of amides is 1. The number of rotatable bonds is 12. The minimum atomic E-state index is -4.46. The molecule has 2 aromatic rings. The van der Waals surface area contributed by atoms with Crippen molar-refractivity contribution in [1.29, 1.82) is 0 Å². The molecule has 2 saturated heterocycles. The fraction of sp³-hybridized carbons (Fsp3) is 0.556. The summed E-state index contributed by atoms with van der Waals surface area (Å²) in [6, 6.07) is 7.31. The lowest BCUT2D eigenvalue weighted by molar-refractivity contribution is -0.149. The first-order valence-corrected chi connectivity index (χ1v) is 15.5. The van der Waals surface area contributed by atoms with E-state index < -0.39 is 68.6 Å². The molecule has 242 valence electrons. The third-order valence-corrected chi connectivity index (χ3v) is 8.61. The molecule has 1 aromatic heterocycles. The van der Waals surface area contributed by atoms with Crippen LogP contribution in [0.25, 0.3) is 0 Å². The number of hydrogen-bond acceptors (Lipinski definition) is 11. The molecule has 17 heteroatoms. The second-order valence-corrected chi connectivity index (χ2v) is 12.5. The van der Waals surface area contributed by atoms with E-state index in [4.69, 9.17) is 18.5 Å². The summed E-state index contributed by atoms with van der Waals surface area (Å²) in [7, 11) is -2.67. The van der Waals surface area contributed by atoms with Gasteiger partial charge in [0.1, 0.15) is 23.7 Å². The number of benzene rings is 1. The van der Waals surface area contributed by atoms with Crippen LogP contribution < -0.4 is 20.6 Å². The zero-order valence-corrected chi connectivity index (χ0v) is 25.5. The predicted octanol–water partition coefficient (Wildman–Crippen LogP) is 2.30. The van der Waals surface area contributed by atoms with E-state index >= 15 is 8.78 Å². The minimum absolute atomic E-state index is 0.0771. The number of likely N-dealkylation sites (tertiary alicyclic amines) is 1. The highest BCUT2D eigenvalue weighted by Gasteiger charge is 2.60. The minimum Gasteiger partial charge on any atom is -0.462 e. The highest BCUT2D eigenvalue weighted by molar-refractivity contribution is 7.52. The molecule has 0 radical (unpaired) electrons. The molecule has 0 spiro atoms. The third-order valence-electron chi connectivity index (χ3n) is 6.97. The smallest absolute Gasteiger partial charge is 0.459 e. The van der Waals surface area contributed by atoms with Crippen LogP contribution in [0.3, 0.4) is 0 Å². The number of anilines is 1. The van der Waals surface area contributed by atoms with E-state index in [1.165, 1.54) is 19.1 Å². The lowest BCUT2D eigenvalue weighted by Gasteiger charge is -2.25. The maximum atomic E-state index is 15.2. The van der Waals surface area contributed by atoms with Crippen LogP contribution in [0, 0.1) is 0 Å². The lowest BCUT2D eigenvalue weighted by Crippen LogP contribution is -2.42. The molecule has 44 heavy (non-hydrogen) atoms. The van der Waals surface area contributed by atoms with Gasteiger partial charge < -0.3 is 24.4 Å². The van der Waals surface area contributed by atoms with Gasteiger partial charge in [-0.15, -0.1) is 0 Å². The van der Waals surface area contributed by atoms with Crippen molar-refractivity contribution < 1.29 is 46.6 Å². The molecule has 0 saturated carbocycles. The van der Waals surface area contributed by atoms with Crippen molar-refractivity contribution in [3.05, 3.63) is 53.1 Å². The summed E-state index contributed by atoms with van der Waals surface area (Å²) in [5.74, 6) is -5.22. The summed E-state index contributed by atoms with van der Waals surface area (Å²) >= 11 is 0. The summed E-state index contributed by atoms with van der Waals surface area (Å²) in [6.45, 7) is 4.44. The van der Waals surface area contributed by atoms with E-state index in [9.17, 15) is 24.1 Å². The van der Waals surface area contributed by atoms with Crippen LogP contribution in [0.5, 0.6) is 5.75 Å². The average Bonchev–Trinajstić information content (AvgIpc) is 3.48. The van der Waals surface area contributed by atoms with Crippen molar-refractivity contribution in [2.24, 2.45) is 0 Å². The average molecular weight is 644 g/mol. The molecule has 2 aliphatic heterocycles. The molecule has 2 fully saturated rings.